The highest BCUT2D eigenvalue weighted by Crippen LogP contribution is 2.26. The van der Waals surface area contributed by atoms with E-state index in [9.17, 15) is 13.6 Å². The number of carbonyl (C=O) groups is 1. The summed E-state index contributed by atoms with van der Waals surface area (Å²) in [6.07, 6.45) is -1.48. The molecule has 6 heteroatoms. The largest absolute Gasteiger partial charge is 0.481 e. The fraction of sp³-hybridized carbons (Fsp3) is 0.333. The number of aliphatic carboxylic acids is 1. The SMILES string of the molecule is NCC(C(=O)O)c1ncccc1C(F)F. The van der Waals surface area contributed by atoms with Crippen LogP contribution in [0.4, 0.5) is 8.78 Å². The molecule has 0 aliphatic heterocycles. The minimum absolute atomic E-state index is 0.164. The molecule has 0 aliphatic carbocycles. The molecule has 1 rings (SSSR count). The maximum Gasteiger partial charge on any atom is 0.313 e. The summed E-state index contributed by atoms with van der Waals surface area (Å²) in [5.41, 5.74) is 4.67. The Hall–Kier alpha value is -1.56. The van der Waals surface area contributed by atoms with Gasteiger partial charge in [-0.15, -0.1) is 0 Å². The van der Waals surface area contributed by atoms with Gasteiger partial charge in [-0.25, -0.2) is 8.78 Å². The number of rotatable bonds is 4. The van der Waals surface area contributed by atoms with Crippen molar-refractivity contribution in [2.24, 2.45) is 5.73 Å². The molecule has 1 heterocycles. The maximum atomic E-state index is 12.5. The average Bonchev–Trinajstić information content (AvgIpc) is 2.18. The van der Waals surface area contributed by atoms with Crippen LogP contribution in [0.5, 0.6) is 0 Å². The van der Waals surface area contributed by atoms with Crippen LogP contribution in [0.3, 0.4) is 0 Å². The predicted molar refractivity (Wildman–Crippen MR) is 48.6 cm³/mol. The number of nitrogens with two attached hydrogens (primary N) is 1. The first-order valence-corrected chi connectivity index (χ1v) is 4.23. The topological polar surface area (TPSA) is 76.2 Å². The number of carboxylic acid groups (broad SMARTS) is 1. The first-order valence-electron chi connectivity index (χ1n) is 4.23. The third kappa shape index (κ3) is 2.47. The van der Waals surface area contributed by atoms with Crippen LogP contribution < -0.4 is 5.73 Å². The van der Waals surface area contributed by atoms with Gasteiger partial charge in [-0.05, 0) is 12.1 Å². The fourth-order valence-electron chi connectivity index (χ4n) is 1.24. The molecule has 0 saturated heterocycles. The number of halogens is 2. The molecule has 82 valence electrons. The standard InChI is InChI=1S/C9H10F2N2O2/c10-8(11)5-2-1-3-13-7(5)6(4-12)9(14)15/h1-3,6,8H,4,12H2,(H,14,15). The second-order valence-corrected chi connectivity index (χ2v) is 2.91. The molecule has 0 aromatic carbocycles. The first kappa shape index (κ1) is 11.5. The summed E-state index contributed by atoms with van der Waals surface area (Å²) in [7, 11) is 0. The van der Waals surface area contributed by atoms with Gasteiger partial charge in [0, 0.05) is 18.3 Å². The highest BCUT2D eigenvalue weighted by molar-refractivity contribution is 5.76. The van der Waals surface area contributed by atoms with E-state index in [2.05, 4.69) is 4.98 Å². The van der Waals surface area contributed by atoms with E-state index in [0.717, 1.165) is 6.07 Å². The molecule has 1 atom stereocenters. The molecule has 0 aliphatic rings. The van der Waals surface area contributed by atoms with Gasteiger partial charge < -0.3 is 10.8 Å². The van der Waals surface area contributed by atoms with E-state index in [1.807, 2.05) is 0 Å². The molecule has 0 amide bonds. The average molecular weight is 216 g/mol. The van der Waals surface area contributed by atoms with Gasteiger partial charge in [-0.2, -0.15) is 0 Å². The van der Waals surface area contributed by atoms with E-state index < -0.39 is 18.3 Å². The lowest BCUT2D eigenvalue weighted by Crippen LogP contribution is -2.23. The van der Waals surface area contributed by atoms with E-state index in [4.69, 9.17) is 10.8 Å². The number of carboxylic acids is 1. The van der Waals surface area contributed by atoms with Crippen LogP contribution in [0.25, 0.3) is 0 Å². The molecule has 3 N–H and O–H groups in total. The lowest BCUT2D eigenvalue weighted by atomic mass is 10.0. The van der Waals surface area contributed by atoms with E-state index in [0.29, 0.717) is 0 Å². The molecule has 0 bridgehead atoms. The molecule has 0 saturated carbocycles. The lowest BCUT2D eigenvalue weighted by molar-refractivity contribution is -0.138. The molecule has 0 fully saturated rings. The van der Waals surface area contributed by atoms with Crippen molar-refractivity contribution in [2.45, 2.75) is 12.3 Å². The molecule has 4 nitrogen and oxygen atoms in total. The first-order chi connectivity index (χ1) is 7.07. The minimum Gasteiger partial charge on any atom is -0.481 e. The van der Waals surface area contributed by atoms with Crippen LogP contribution >= 0.6 is 0 Å². The lowest BCUT2D eigenvalue weighted by Gasteiger charge is -2.12. The second-order valence-electron chi connectivity index (χ2n) is 2.91. The van der Waals surface area contributed by atoms with Gasteiger partial charge in [-0.3, -0.25) is 9.78 Å². The van der Waals surface area contributed by atoms with Gasteiger partial charge in [0.05, 0.1) is 5.69 Å². The summed E-state index contributed by atoms with van der Waals surface area (Å²) in [5.74, 6) is -2.44. The third-order valence-electron chi connectivity index (χ3n) is 1.97. The van der Waals surface area contributed by atoms with Crippen LogP contribution in [-0.2, 0) is 4.79 Å². The summed E-state index contributed by atoms with van der Waals surface area (Å²) >= 11 is 0. The Bertz CT molecular complexity index is 358. The maximum absolute atomic E-state index is 12.5. The molecular weight excluding hydrogens is 206 g/mol. The zero-order chi connectivity index (χ0) is 11.4. The highest BCUT2D eigenvalue weighted by Gasteiger charge is 2.25. The Morgan fingerprint density at radius 2 is 2.27 bits per heavy atom. The molecule has 0 radical (unpaired) electrons. The molecule has 1 unspecified atom stereocenters. The zero-order valence-electron chi connectivity index (χ0n) is 7.73. The van der Waals surface area contributed by atoms with Crippen LogP contribution in [0.2, 0.25) is 0 Å². The van der Waals surface area contributed by atoms with E-state index >= 15 is 0 Å². The van der Waals surface area contributed by atoms with Crippen molar-refractivity contribution in [1.82, 2.24) is 4.98 Å². The van der Waals surface area contributed by atoms with Crippen molar-refractivity contribution in [1.29, 1.82) is 0 Å². The zero-order valence-corrected chi connectivity index (χ0v) is 7.73. The molecular formula is C9H10F2N2O2. The highest BCUT2D eigenvalue weighted by atomic mass is 19.3. The Morgan fingerprint density at radius 3 is 2.73 bits per heavy atom. The Labute approximate surface area is 84.7 Å². The van der Waals surface area contributed by atoms with Gasteiger partial charge in [-0.1, -0.05) is 0 Å². The second kappa shape index (κ2) is 4.79. The van der Waals surface area contributed by atoms with Crippen molar-refractivity contribution >= 4 is 5.97 Å². The molecule has 1 aromatic rings. The number of nitrogens with zero attached hydrogens (tertiary/aromatic N) is 1. The molecule has 1 aromatic heterocycles. The Balaban J connectivity index is 3.16. The number of hydrogen-bond donors (Lipinski definition) is 2. The van der Waals surface area contributed by atoms with E-state index in [-0.39, 0.29) is 17.8 Å². The third-order valence-corrected chi connectivity index (χ3v) is 1.97. The van der Waals surface area contributed by atoms with Crippen LogP contribution in [0, 0.1) is 0 Å². The number of alkyl halides is 2. The van der Waals surface area contributed by atoms with Crippen molar-refractivity contribution in [3.8, 4) is 0 Å². The van der Waals surface area contributed by atoms with E-state index in [1.54, 1.807) is 0 Å². The summed E-state index contributed by atoms with van der Waals surface area (Å²) in [5, 5.41) is 8.77. The van der Waals surface area contributed by atoms with Gasteiger partial charge in [0.25, 0.3) is 6.43 Å². The summed E-state index contributed by atoms with van der Waals surface area (Å²) < 4.78 is 25.0. The molecule has 15 heavy (non-hydrogen) atoms. The van der Waals surface area contributed by atoms with Crippen molar-refractivity contribution < 1.29 is 18.7 Å². The van der Waals surface area contributed by atoms with Gasteiger partial charge in [0.1, 0.15) is 5.92 Å². The van der Waals surface area contributed by atoms with Gasteiger partial charge in [0.15, 0.2) is 0 Å². The van der Waals surface area contributed by atoms with E-state index in [1.165, 1.54) is 12.3 Å². The normalized spacial score (nSPS) is 12.8. The Kier molecular flexibility index (Phi) is 3.68. The summed E-state index contributed by atoms with van der Waals surface area (Å²) in [6, 6.07) is 2.49. The van der Waals surface area contributed by atoms with Crippen molar-refractivity contribution in [2.75, 3.05) is 6.54 Å². The quantitative estimate of drug-likeness (QED) is 0.791. The summed E-state index contributed by atoms with van der Waals surface area (Å²) in [4.78, 5) is 14.4. The van der Waals surface area contributed by atoms with Crippen molar-refractivity contribution in [3.05, 3.63) is 29.6 Å². The smallest absolute Gasteiger partial charge is 0.313 e. The van der Waals surface area contributed by atoms with Gasteiger partial charge >= 0.3 is 5.97 Å². The number of pyridine rings is 1. The monoisotopic (exact) mass is 216 g/mol. The molecule has 0 spiro atoms. The predicted octanol–water partition coefficient (Wildman–Crippen LogP) is 1.15. The van der Waals surface area contributed by atoms with Crippen LogP contribution in [-0.4, -0.2) is 22.6 Å². The Morgan fingerprint density at radius 1 is 1.60 bits per heavy atom. The van der Waals surface area contributed by atoms with Crippen LogP contribution in [0.1, 0.15) is 23.6 Å². The minimum atomic E-state index is -2.75. The van der Waals surface area contributed by atoms with Crippen LogP contribution in [0.15, 0.2) is 18.3 Å². The number of aromatic nitrogens is 1. The van der Waals surface area contributed by atoms with Gasteiger partial charge in [0.2, 0.25) is 0 Å². The number of hydrogen-bond acceptors (Lipinski definition) is 3. The summed E-state index contributed by atoms with van der Waals surface area (Å²) in [6.45, 7) is -0.258. The fourth-order valence-corrected chi connectivity index (χ4v) is 1.24. The van der Waals surface area contributed by atoms with Crippen molar-refractivity contribution in [3.63, 3.8) is 0 Å².